The highest BCUT2D eigenvalue weighted by Gasteiger charge is 2.24. The molecule has 1 aliphatic heterocycles. The first-order valence-corrected chi connectivity index (χ1v) is 7.74. The van der Waals surface area contributed by atoms with E-state index in [2.05, 4.69) is 15.3 Å². The summed E-state index contributed by atoms with van der Waals surface area (Å²) in [5, 5.41) is 11.8. The Morgan fingerprint density at radius 1 is 1.54 bits per heavy atom. The third-order valence-corrected chi connectivity index (χ3v) is 4.12. The number of nitrogens with one attached hydrogen (secondary N) is 2. The van der Waals surface area contributed by atoms with Crippen LogP contribution in [0.5, 0.6) is 0 Å². The van der Waals surface area contributed by atoms with Crippen LogP contribution in [-0.2, 0) is 7.05 Å². The number of rotatable bonds is 3. The molecule has 3 rings (SSSR count). The van der Waals surface area contributed by atoms with Crippen LogP contribution >= 0.6 is 0 Å². The Kier molecular flexibility index (Phi) is 4.33. The topological polar surface area (TPSA) is 107 Å². The lowest BCUT2D eigenvalue weighted by molar-refractivity contribution is 0.0933. The molecule has 0 radical (unpaired) electrons. The summed E-state index contributed by atoms with van der Waals surface area (Å²) in [6.45, 7) is 1.27. The van der Waals surface area contributed by atoms with Gasteiger partial charge in [-0.3, -0.25) is 9.59 Å². The number of hydrogen-bond donors (Lipinski definition) is 2. The van der Waals surface area contributed by atoms with Crippen LogP contribution < -0.4 is 15.8 Å². The zero-order valence-electron chi connectivity index (χ0n) is 13.3. The van der Waals surface area contributed by atoms with Crippen molar-refractivity contribution in [2.24, 2.45) is 7.05 Å². The van der Waals surface area contributed by atoms with Crippen molar-refractivity contribution in [3.63, 3.8) is 0 Å². The molecule has 24 heavy (non-hydrogen) atoms. The molecule has 8 nitrogen and oxygen atoms in total. The van der Waals surface area contributed by atoms with Crippen molar-refractivity contribution in [1.82, 2.24) is 19.9 Å². The van der Waals surface area contributed by atoms with Gasteiger partial charge in [-0.05, 0) is 18.9 Å². The molecule has 3 heterocycles. The molecule has 1 fully saturated rings. The second-order valence-electron chi connectivity index (χ2n) is 5.84. The van der Waals surface area contributed by atoms with E-state index in [9.17, 15) is 9.59 Å². The van der Waals surface area contributed by atoms with Gasteiger partial charge in [-0.15, -0.1) is 0 Å². The van der Waals surface area contributed by atoms with Gasteiger partial charge < -0.3 is 19.8 Å². The summed E-state index contributed by atoms with van der Waals surface area (Å²) in [6, 6.07) is 3.40. The number of amides is 1. The van der Waals surface area contributed by atoms with Gasteiger partial charge >= 0.3 is 0 Å². The molecule has 1 aliphatic rings. The summed E-state index contributed by atoms with van der Waals surface area (Å²) < 4.78 is 1.49. The number of aromatic nitrogens is 3. The van der Waals surface area contributed by atoms with Crippen LogP contribution in [-0.4, -0.2) is 39.6 Å². The van der Waals surface area contributed by atoms with Gasteiger partial charge in [0, 0.05) is 44.8 Å². The molecule has 0 aliphatic carbocycles. The SMILES string of the molecule is Cn1ccnc(N2CCCC(NC(=O)c3c[nH]c(C#N)c3)C2)c1=O. The molecule has 0 saturated carbocycles. The molecule has 124 valence electrons. The molecule has 0 bridgehead atoms. The number of aryl methyl sites for hydroxylation is 1. The highest BCUT2D eigenvalue weighted by atomic mass is 16.2. The third-order valence-electron chi connectivity index (χ3n) is 4.12. The molecule has 1 atom stereocenters. The van der Waals surface area contributed by atoms with E-state index < -0.39 is 0 Å². The lowest BCUT2D eigenvalue weighted by Gasteiger charge is -2.33. The number of hydrogen-bond acceptors (Lipinski definition) is 5. The van der Waals surface area contributed by atoms with Crippen LogP contribution in [0, 0.1) is 11.3 Å². The van der Waals surface area contributed by atoms with Crippen molar-refractivity contribution in [3.05, 3.63) is 46.3 Å². The summed E-state index contributed by atoms with van der Waals surface area (Å²) in [6.07, 6.45) is 6.44. The average molecular weight is 326 g/mol. The van der Waals surface area contributed by atoms with E-state index in [-0.39, 0.29) is 17.5 Å². The van der Waals surface area contributed by atoms with Crippen LogP contribution in [0.25, 0.3) is 0 Å². The maximum absolute atomic E-state index is 12.3. The van der Waals surface area contributed by atoms with Crippen molar-refractivity contribution in [1.29, 1.82) is 5.26 Å². The smallest absolute Gasteiger partial charge is 0.293 e. The summed E-state index contributed by atoms with van der Waals surface area (Å²) >= 11 is 0. The van der Waals surface area contributed by atoms with Crippen molar-refractivity contribution in [2.75, 3.05) is 18.0 Å². The number of carbonyl (C=O) groups excluding carboxylic acids is 1. The Balaban J connectivity index is 1.69. The molecular weight excluding hydrogens is 308 g/mol. The van der Waals surface area contributed by atoms with Gasteiger partial charge in [0.2, 0.25) is 0 Å². The molecule has 0 aromatic carbocycles. The Labute approximate surface area is 138 Å². The highest BCUT2D eigenvalue weighted by Crippen LogP contribution is 2.15. The Morgan fingerprint density at radius 2 is 2.38 bits per heavy atom. The zero-order chi connectivity index (χ0) is 17.1. The molecule has 2 N–H and O–H groups in total. The summed E-state index contributed by atoms with van der Waals surface area (Å²) in [7, 11) is 1.69. The number of piperidine rings is 1. The summed E-state index contributed by atoms with van der Waals surface area (Å²) in [5.41, 5.74) is 0.633. The van der Waals surface area contributed by atoms with Gasteiger partial charge in [0.25, 0.3) is 11.5 Å². The van der Waals surface area contributed by atoms with Gasteiger partial charge in [-0.1, -0.05) is 0 Å². The largest absolute Gasteiger partial charge is 0.352 e. The van der Waals surface area contributed by atoms with E-state index in [0.717, 1.165) is 19.4 Å². The number of carbonyl (C=O) groups is 1. The van der Waals surface area contributed by atoms with Gasteiger partial charge in [0.1, 0.15) is 11.8 Å². The maximum Gasteiger partial charge on any atom is 0.293 e. The minimum absolute atomic E-state index is 0.0709. The quantitative estimate of drug-likeness (QED) is 0.848. The first kappa shape index (κ1) is 15.8. The fourth-order valence-corrected chi connectivity index (χ4v) is 2.85. The van der Waals surface area contributed by atoms with Crippen molar-refractivity contribution >= 4 is 11.7 Å². The van der Waals surface area contributed by atoms with E-state index in [1.165, 1.54) is 16.8 Å². The molecule has 2 aromatic heterocycles. The van der Waals surface area contributed by atoms with Crippen LogP contribution in [0.1, 0.15) is 28.9 Å². The molecule has 8 heteroatoms. The third kappa shape index (κ3) is 3.15. The van der Waals surface area contributed by atoms with Gasteiger partial charge in [0.05, 0.1) is 5.56 Å². The highest BCUT2D eigenvalue weighted by molar-refractivity contribution is 5.94. The van der Waals surface area contributed by atoms with E-state index in [4.69, 9.17) is 5.26 Å². The minimum Gasteiger partial charge on any atom is -0.352 e. The second kappa shape index (κ2) is 6.58. The number of nitriles is 1. The monoisotopic (exact) mass is 326 g/mol. The number of anilines is 1. The van der Waals surface area contributed by atoms with Crippen LogP contribution in [0.3, 0.4) is 0 Å². The zero-order valence-corrected chi connectivity index (χ0v) is 13.3. The van der Waals surface area contributed by atoms with Crippen molar-refractivity contribution in [2.45, 2.75) is 18.9 Å². The van der Waals surface area contributed by atoms with Crippen molar-refractivity contribution in [3.8, 4) is 6.07 Å². The number of nitrogens with zero attached hydrogens (tertiary/aromatic N) is 4. The lowest BCUT2D eigenvalue weighted by atomic mass is 10.1. The van der Waals surface area contributed by atoms with Gasteiger partial charge in [0.15, 0.2) is 5.82 Å². The summed E-state index contributed by atoms with van der Waals surface area (Å²) in [5.74, 6) is 0.181. The van der Waals surface area contributed by atoms with Crippen molar-refractivity contribution < 1.29 is 4.79 Å². The molecule has 1 saturated heterocycles. The van der Waals surface area contributed by atoms with Gasteiger partial charge in [-0.25, -0.2) is 4.98 Å². The fraction of sp³-hybridized carbons (Fsp3) is 0.375. The number of aromatic amines is 1. The predicted octanol–water partition coefficient (Wildman–Crippen LogP) is 0.379. The van der Waals surface area contributed by atoms with Crippen LogP contribution in [0.4, 0.5) is 5.82 Å². The Bertz CT molecular complexity index is 847. The van der Waals surface area contributed by atoms with Crippen LogP contribution in [0.2, 0.25) is 0 Å². The fourth-order valence-electron chi connectivity index (χ4n) is 2.85. The van der Waals surface area contributed by atoms with Crippen LogP contribution in [0.15, 0.2) is 29.5 Å². The molecule has 0 spiro atoms. The van der Waals surface area contributed by atoms with Gasteiger partial charge in [-0.2, -0.15) is 5.26 Å². The Hall–Kier alpha value is -3.08. The average Bonchev–Trinajstić information content (AvgIpc) is 3.07. The van der Waals surface area contributed by atoms with E-state index in [1.807, 2.05) is 11.0 Å². The summed E-state index contributed by atoms with van der Waals surface area (Å²) in [4.78, 5) is 33.3. The first-order valence-electron chi connectivity index (χ1n) is 7.74. The molecule has 2 aromatic rings. The standard InChI is InChI=1S/C16H18N6O2/c1-21-6-4-18-14(16(21)24)22-5-2-3-12(10-22)20-15(23)11-7-13(8-17)19-9-11/h4,6-7,9,12,19H,2-3,5,10H2,1H3,(H,20,23). The minimum atomic E-state index is -0.228. The van der Waals surface area contributed by atoms with E-state index >= 15 is 0 Å². The predicted molar refractivity (Wildman–Crippen MR) is 87.7 cm³/mol. The second-order valence-corrected chi connectivity index (χ2v) is 5.84. The maximum atomic E-state index is 12.3. The first-order chi connectivity index (χ1) is 11.6. The van der Waals surface area contributed by atoms with E-state index in [0.29, 0.717) is 23.6 Å². The molecular formula is C16H18N6O2. The van der Waals surface area contributed by atoms with E-state index in [1.54, 1.807) is 19.4 Å². The number of H-pyrrole nitrogens is 1. The molecule has 1 unspecified atom stereocenters. The lowest BCUT2D eigenvalue weighted by Crippen LogP contribution is -2.49. The molecule has 1 amide bonds. The Morgan fingerprint density at radius 3 is 3.12 bits per heavy atom. The normalized spacial score (nSPS) is 17.3.